The van der Waals surface area contributed by atoms with Crippen molar-refractivity contribution in [1.29, 1.82) is 5.26 Å². The van der Waals surface area contributed by atoms with E-state index in [1.54, 1.807) is 24.3 Å². The summed E-state index contributed by atoms with van der Waals surface area (Å²) in [4.78, 5) is 21.1. The zero-order valence-electron chi connectivity index (χ0n) is 19.7. The van der Waals surface area contributed by atoms with Crippen LogP contribution < -0.4 is 9.62 Å². The van der Waals surface area contributed by atoms with E-state index in [0.29, 0.717) is 36.2 Å². The number of nitriles is 1. The first-order valence-corrected chi connectivity index (χ1v) is 12.8. The lowest BCUT2D eigenvalue weighted by Crippen LogP contribution is -2.46. The van der Waals surface area contributed by atoms with Crippen LogP contribution in [-0.4, -0.2) is 62.1 Å². The van der Waals surface area contributed by atoms with Crippen LogP contribution in [0.15, 0.2) is 47.4 Å². The lowest BCUT2D eigenvalue weighted by Gasteiger charge is -2.35. The molecule has 0 spiro atoms. The normalized spacial score (nSPS) is 14.6. The van der Waals surface area contributed by atoms with E-state index in [0.717, 1.165) is 30.8 Å². The van der Waals surface area contributed by atoms with Gasteiger partial charge in [0, 0.05) is 50.2 Å². The second kappa shape index (κ2) is 9.90. The molecule has 1 fully saturated rings. The fourth-order valence-corrected chi connectivity index (χ4v) is 5.56. The summed E-state index contributed by atoms with van der Waals surface area (Å²) in [6.07, 6.45) is 0.479. The Bertz CT molecular complexity index is 1400. The molecule has 0 unspecified atom stereocenters. The molecule has 182 valence electrons. The molecule has 0 amide bonds. The summed E-state index contributed by atoms with van der Waals surface area (Å²) in [5.74, 6) is -0.543. The maximum absolute atomic E-state index is 12.9. The Morgan fingerprint density at radius 2 is 1.77 bits per heavy atom. The van der Waals surface area contributed by atoms with Gasteiger partial charge in [-0.25, -0.2) is 18.2 Å². The molecule has 0 atom stereocenters. The summed E-state index contributed by atoms with van der Waals surface area (Å²) >= 11 is 0. The van der Waals surface area contributed by atoms with Gasteiger partial charge in [-0.05, 0) is 61.4 Å². The Morgan fingerprint density at radius 3 is 2.40 bits per heavy atom. The minimum Gasteiger partial charge on any atom is -0.478 e. The number of fused-ring (bicyclic) bond motifs is 1. The molecule has 9 nitrogen and oxygen atoms in total. The first kappa shape index (κ1) is 24.4. The van der Waals surface area contributed by atoms with Gasteiger partial charge in [0.1, 0.15) is 5.82 Å². The van der Waals surface area contributed by atoms with E-state index >= 15 is 0 Å². The van der Waals surface area contributed by atoms with E-state index in [9.17, 15) is 18.3 Å². The van der Waals surface area contributed by atoms with Gasteiger partial charge in [-0.15, -0.1) is 0 Å². The number of aromatic carboxylic acids is 1. The molecule has 0 radical (unpaired) electrons. The lowest BCUT2D eigenvalue weighted by molar-refractivity contribution is 0.0699. The van der Waals surface area contributed by atoms with Crippen LogP contribution in [0, 0.1) is 25.2 Å². The molecule has 35 heavy (non-hydrogen) atoms. The Morgan fingerprint density at radius 1 is 1.09 bits per heavy atom. The van der Waals surface area contributed by atoms with Crippen molar-refractivity contribution < 1.29 is 18.3 Å². The molecule has 1 aliphatic rings. The van der Waals surface area contributed by atoms with Gasteiger partial charge in [0.25, 0.3) is 10.0 Å². The number of hydrogen-bond acceptors (Lipinski definition) is 7. The third kappa shape index (κ3) is 5.53. The van der Waals surface area contributed by atoms with Crippen LogP contribution in [0.4, 0.5) is 11.5 Å². The number of carboxylic acid groups (broad SMARTS) is 1. The largest absolute Gasteiger partial charge is 0.478 e. The lowest BCUT2D eigenvalue weighted by atomic mass is 10.1. The summed E-state index contributed by atoms with van der Waals surface area (Å²) in [6.45, 7) is 7.27. The van der Waals surface area contributed by atoms with Crippen LogP contribution >= 0.6 is 0 Å². The minimum atomic E-state index is -3.85. The molecule has 1 aliphatic heterocycles. The van der Waals surface area contributed by atoms with Gasteiger partial charge >= 0.3 is 5.97 Å². The number of carboxylic acids is 1. The molecule has 0 saturated carbocycles. The molecule has 1 saturated heterocycles. The van der Waals surface area contributed by atoms with Crippen LogP contribution in [0.25, 0.3) is 10.9 Å². The number of aryl methyl sites for hydroxylation is 2. The molecule has 10 heteroatoms. The quantitative estimate of drug-likeness (QED) is 0.513. The highest BCUT2D eigenvalue weighted by atomic mass is 32.2. The zero-order chi connectivity index (χ0) is 25.2. The van der Waals surface area contributed by atoms with Crippen molar-refractivity contribution in [3.63, 3.8) is 0 Å². The SMILES string of the molecule is Cc1cc(C)cc(S(=O)(=O)Nc2ccc3nc(N4CCN(CCC#N)CC4)cc(C(=O)O)c3c2)c1. The number of nitrogens with one attached hydrogen (secondary N) is 1. The molecule has 0 aliphatic carbocycles. The molecule has 2 N–H and O–H groups in total. The van der Waals surface area contributed by atoms with E-state index in [2.05, 4.69) is 20.7 Å². The van der Waals surface area contributed by atoms with Gasteiger partial charge < -0.3 is 10.0 Å². The van der Waals surface area contributed by atoms with Gasteiger partial charge in [0.05, 0.1) is 22.0 Å². The monoisotopic (exact) mass is 493 g/mol. The van der Waals surface area contributed by atoms with Crippen LogP contribution in [-0.2, 0) is 10.0 Å². The number of nitrogens with zero attached hydrogens (tertiary/aromatic N) is 4. The van der Waals surface area contributed by atoms with Crippen LogP contribution in [0.3, 0.4) is 0 Å². The fourth-order valence-electron chi connectivity index (χ4n) is 4.33. The highest BCUT2D eigenvalue weighted by molar-refractivity contribution is 7.92. The van der Waals surface area contributed by atoms with Crippen molar-refractivity contribution in [1.82, 2.24) is 9.88 Å². The number of rotatable bonds is 7. The zero-order valence-corrected chi connectivity index (χ0v) is 20.5. The maximum Gasteiger partial charge on any atom is 0.336 e. The van der Waals surface area contributed by atoms with Gasteiger partial charge in [-0.2, -0.15) is 5.26 Å². The average molecular weight is 494 g/mol. The van der Waals surface area contributed by atoms with Crippen molar-refractivity contribution in [2.45, 2.75) is 25.2 Å². The van der Waals surface area contributed by atoms with E-state index in [1.807, 2.05) is 24.8 Å². The predicted molar refractivity (Wildman–Crippen MR) is 134 cm³/mol. The number of aromatic nitrogens is 1. The first-order valence-electron chi connectivity index (χ1n) is 11.3. The van der Waals surface area contributed by atoms with E-state index in [-0.39, 0.29) is 16.1 Å². The molecule has 2 aromatic carbocycles. The third-order valence-corrected chi connectivity index (χ3v) is 7.38. The Hall–Kier alpha value is -3.68. The molecule has 2 heterocycles. The number of sulfonamides is 1. The van der Waals surface area contributed by atoms with Crippen LogP contribution in [0.1, 0.15) is 27.9 Å². The third-order valence-electron chi connectivity index (χ3n) is 6.02. The molecule has 3 aromatic rings. The second-order valence-corrected chi connectivity index (χ2v) is 10.4. The standard InChI is InChI=1S/C25H27N5O4S/c1-17-12-18(2)14-20(13-17)35(33,34)28-19-4-5-23-21(15-19)22(25(31)32)16-24(27-23)30-10-8-29(9-11-30)7-3-6-26/h4-5,12-16,28H,3,7-11H2,1-2H3,(H,31,32). The van der Waals surface area contributed by atoms with Crippen molar-refractivity contribution in [2.24, 2.45) is 0 Å². The molecule has 4 rings (SSSR count). The van der Waals surface area contributed by atoms with Gasteiger partial charge in [0.15, 0.2) is 0 Å². The van der Waals surface area contributed by atoms with Crippen molar-refractivity contribution in [3.8, 4) is 6.07 Å². The predicted octanol–water partition coefficient (Wildman–Crippen LogP) is 3.39. The summed E-state index contributed by atoms with van der Waals surface area (Å²) in [6, 6.07) is 13.5. The Kier molecular flexibility index (Phi) is 6.91. The number of hydrogen-bond donors (Lipinski definition) is 2. The van der Waals surface area contributed by atoms with Crippen molar-refractivity contribution >= 4 is 38.4 Å². The number of piperazine rings is 1. The Labute approximate surface area is 204 Å². The van der Waals surface area contributed by atoms with E-state index < -0.39 is 16.0 Å². The topological polar surface area (TPSA) is 127 Å². The average Bonchev–Trinajstić information content (AvgIpc) is 2.81. The van der Waals surface area contributed by atoms with Gasteiger partial charge in [0.2, 0.25) is 0 Å². The maximum atomic E-state index is 12.9. The van der Waals surface area contributed by atoms with E-state index in [4.69, 9.17) is 5.26 Å². The molecule has 0 bridgehead atoms. The van der Waals surface area contributed by atoms with Crippen molar-refractivity contribution in [2.75, 3.05) is 42.3 Å². The highest BCUT2D eigenvalue weighted by Gasteiger charge is 2.22. The molecule has 1 aromatic heterocycles. The van der Waals surface area contributed by atoms with E-state index in [1.165, 1.54) is 12.1 Å². The van der Waals surface area contributed by atoms with Gasteiger partial charge in [-0.3, -0.25) is 9.62 Å². The smallest absolute Gasteiger partial charge is 0.336 e. The minimum absolute atomic E-state index is 0.0596. The summed E-state index contributed by atoms with van der Waals surface area (Å²) < 4.78 is 28.4. The van der Waals surface area contributed by atoms with Crippen molar-refractivity contribution in [3.05, 3.63) is 59.2 Å². The van der Waals surface area contributed by atoms with Crippen LogP contribution in [0.5, 0.6) is 0 Å². The summed E-state index contributed by atoms with van der Waals surface area (Å²) in [7, 11) is -3.85. The summed E-state index contributed by atoms with van der Waals surface area (Å²) in [5.41, 5.74) is 2.46. The number of benzene rings is 2. The molecular weight excluding hydrogens is 466 g/mol. The van der Waals surface area contributed by atoms with Crippen LogP contribution in [0.2, 0.25) is 0 Å². The number of pyridine rings is 1. The second-order valence-electron chi connectivity index (χ2n) is 8.73. The fraction of sp³-hybridized carbons (Fsp3) is 0.320. The first-order chi connectivity index (χ1) is 16.7. The highest BCUT2D eigenvalue weighted by Crippen LogP contribution is 2.28. The Balaban J connectivity index is 1.62. The number of anilines is 2. The summed E-state index contributed by atoms with van der Waals surface area (Å²) in [5, 5.41) is 19.0. The number of carbonyl (C=O) groups is 1. The molecular formula is C25H27N5O4S. The van der Waals surface area contributed by atoms with Gasteiger partial charge in [-0.1, -0.05) is 6.07 Å².